The molecule has 2 aromatic rings. The van der Waals surface area contributed by atoms with E-state index in [2.05, 4.69) is 29.6 Å². The number of hydrogen-bond donors (Lipinski definition) is 3. The molecule has 1 amide bonds. The number of anilines is 1. The number of halogens is 2. The lowest BCUT2D eigenvalue weighted by Crippen LogP contribution is -3.29. The molecular weight excluding hydrogens is 336 g/mol. The maximum absolute atomic E-state index is 13.7. The lowest BCUT2D eigenvalue weighted by molar-refractivity contribution is -1.02. The predicted octanol–water partition coefficient (Wildman–Crippen LogP) is 0.275. The van der Waals surface area contributed by atoms with E-state index in [1.165, 1.54) is 21.4 Å². The molecule has 3 N–H and O–H groups in total. The molecule has 2 aromatic carbocycles. The molecule has 1 fully saturated rings. The Labute approximate surface area is 152 Å². The number of piperazine rings is 1. The summed E-state index contributed by atoms with van der Waals surface area (Å²) >= 11 is 0. The molecule has 3 rings (SSSR count). The standard InChI is InChI=1S/C20H23F2N3O/c1-15(20(26)23-19-8-7-17(21)13-18(19)22)25-11-9-24(10-12-25)14-16-5-3-2-4-6-16/h2-8,13,15H,9-12,14H2,1H3,(H,23,26)/p+2/t15-/m0/s1. The number of nitrogens with one attached hydrogen (secondary N) is 3. The zero-order valence-corrected chi connectivity index (χ0v) is 14.9. The van der Waals surface area contributed by atoms with Crippen LogP contribution in [0.1, 0.15) is 12.5 Å². The van der Waals surface area contributed by atoms with Gasteiger partial charge in [0.15, 0.2) is 6.04 Å². The van der Waals surface area contributed by atoms with Gasteiger partial charge in [0.1, 0.15) is 44.4 Å². The predicted molar refractivity (Wildman–Crippen MR) is 96.0 cm³/mol. The van der Waals surface area contributed by atoms with Crippen molar-refractivity contribution in [2.75, 3.05) is 31.5 Å². The Bertz CT molecular complexity index is 746. The van der Waals surface area contributed by atoms with Crippen molar-refractivity contribution in [3.63, 3.8) is 0 Å². The molecule has 4 nitrogen and oxygen atoms in total. The van der Waals surface area contributed by atoms with Crippen molar-refractivity contribution in [1.29, 1.82) is 0 Å². The third-order valence-electron chi connectivity index (χ3n) is 5.09. The van der Waals surface area contributed by atoms with Crippen LogP contribution < -0.4 is 15.1 Å². The Kier molecular flexibility index (Phi) is 5.96. The van der Waals surface area contributed by atoms with Crippen LogP contribution in [-0.2, 0) is 11.3 Å². The lowest BCUT2D eigenvalue weighted by atomic mass is 10.1. The second kappa shape index (κ2) is 8.38. The quantitative estimate of drug-likeness (QED) is 0.703. The fraction of sp³-hybridized carbons (Fsp3) is 0.350. The Morgan fingerprint density at radius 2 is 1.77 bits per heavy atom. The van der Waals surface area contributed by atoms with Crippen LogP contribution in [0, 0.1) is 11.6 Å². The van der Waals surface area contributed by atoms with E-state index < -0.39 is 11.6 Å². The molecule has 6 heteroatoms. The Hall–Kier alpha value is -2.31. The number of quaternary nitrogens is 2. The first-order chi connectivity index (χ1) is 12.5. The molecule has 0 spiro atoms. The molecule has 0 saturated carbocycles. The third-order valence-corrected chi connectivity index (χ3v) is 5.09. The summed E-state index contributed by atoms with van der Waals surface area (Å²) < 4.78 is 26.7. The molecule has 138 valence electrons. The molecule has 1 saturated heterocycles. The SMILES string of the molecule is C[C@@H](C(=O)Nc1ccc(F)cc1F)[NH+]1CC[NH+](Cc2ccccc2)CC1. The minimum Gasteiger partial charge on any atom is -0.322 e. The number of hydrogen-bond acceptors (Lipinski definition) is 1. The van der Waals surface area contributed by atoms with Crippen LogP contribution in [0.25, 0.3) is 0 Å². The highest BCUT2D eigenvalue weighted by Gasteiger charge is 2.31. The fourth-order valence-electron chi connectivity index (χ4n) is 3.44. The van der Waals surface area contributed by atoms with Gasteiger partial charge >= 0.3 is 0 Å². The highest BCUT2D eigenvalue weighted by atomic mass is 19.1. The molecule has 1 aliphatic heterocycles. The highest BCUT2D eigenvalue weighted by molar-refractivity contribution is 5.93. The van der Waals surface area contributed by atoms with Crippen LogP contribution in [0.15, 0.2) is 48.5 Å². The minimum atomic E-state index is -0.752. The number of benzene rings is 2. The summed E-state index contributed by atoms with van der Waals surface area (Å²) in [6.07, 6.45) is 0. The second-order valence-electron chi connectivity index (χ2n) is 6.91. The van der Waals surface area contributed by atoms with Crippen molar-refractivity contribution < 1.29 is 23.4 Å². The van der Waals surface area contributed by atoms with E-state index >= 15 is 0 Å². The van der Waals surface area contributed by atoms with E-state index in [-0.39, 0.29) is 17.6 Å². The first-order valence-electron chi connectivity index (χ1n) is 9.01. The molecular formula is C20H25F2N3O+2. The number of amides is 1. The smallest absolute Gasteiger partial charge is 0.282 e. The van der Waals surface area contributed by atoms with Gasteiger partial charge in [0.2, 0.25) is 0 Å². The van der Waals surface area contributed by atoms with E-state index in [0.717, 1.165) is 44.9 Å². The van der Waals surface area contributed by atoms with Crippen molar-refractivity contribution in [2.45, 2.75) is 19.5 Å². The van der Waals surface area contributed by atoms with Gasteiger partial charge in [-0.3, -0.25) is 4.79 Å². The van der Waals surface area contributed by atoms with Crippen LogP contribution in [-0.4, -0.2) is 38.1 Å². The molecule has 1 atom stereocenters. The molecule has 0 bridgehead atoms. The first-order valence-corrected chi connectivity index (χ1v) is 9.01. The summed E-state index contributed by atoms with van der Waals surface area (Å²) in [4.78, 5) is 15.1. The molecule has 1 aliphatic rings. The maximum Gasteiger partial charge on any atom is 0.282 e. The topological polar surface area (TPSA) is 38.0 Å². The average molecular weight is 361 g/mol. The van der Waals surface area contributed by atoms with E-state index in [1.54, 1.807) is 0 Å². The highest BCUT2D eigenvalue weighted by Crippen LogP contribution is 2.14. The second-order valence-corrected chi connectivity index (χ2v) is 6.91. The molecule has 0 aromatic heterocycles. The average Bonchev–Trinajstić information content (AvgIpc) is 2.65. The van der Waals surface area contributed by atoms with Crippen LogP contribution in [0.3, 0.4) is 0 Å². The summed E-state index contributed by atoms with van der Waals surface area (Å²) in [5.74, 6) is -1.65. The normalized spacial score (nSPS) is 21.2. The number of carbonyl (C=O) groups excluding carboxylic acids is 1. The van der Waals surface area contributed by atoms with Gasteiger partial charge in [0.05, 0.1) is 5.69 Å². The van der Waals surface area contributed by atoms with E-state index in [1.807, 2.05) is 13.0 Å². The van der Waals surface area contributed by atoms with Crippen molar-refractivity contribution in [2.24, 2.45) is 0 Å². The Morgan fingerprint density at radius 3 is 2.42 bits per heavy atom. The van der Waals surface area contributed by atoms with Gasteiger partial charge in [0, 0.05) is 11.6 Å². The van der Waals surface area contributed by atoms with Crippen LogP contribution in [0.2, 0.25) is 0 Å². The number of rotatable bonds is 5. The maximum atomic E-state index is 13.7. The van der Waals surface area contributed by atoms with Crippen LogP contribution in [0.4, 0.5) is 14.5 Å². The third kappa shape index (κ3) is 4.65. The largest absolute Gasteiger partial charge is 0.322 e. The van der Waals surface area contributed by atoms with Crippen molar-refractivity contribution >= 4 is 11.6 Å². The van der Waals surface area contributed by atoms with Gasteiger partial charge in [-0.1, -0.05) is 30.3 Å². The van der Waals surface area contributed by atoms with Crippen LogP contribution in [0.5, 0.6) is 0 Å². The van der Waals surface area contributed by atoms with E-state index in [9.17, 15) is 13.6 Å². The molecule has 26 heavy (non-hydrogen) atoms. The van der Waals surface area contributed by atoms with Crippen molar-refractivity contribution in [3.8, 4) is 0 Å². The van der Waals surface area contributed by atoms with E-state index in [0.29, 0.717) is 0 Å². The van der Waals surface area contributed by atoms with Gasteiger partial charge in [-0.2, -0.15) is 0 Å². The molecule has 0 radical (unpaired) electrons. The lowest BCUT2D eigenvalue weighted by Gasteiger charge is -2.32. The monoisotopic (exact) mass is 361 g/mol. The summed E-state index contributed by atoms with van der Waals surface area (Å²) in [6, 6.07) is 13.3. The summed E-state index contributed by atoms with van der Waals surface area (Å²) in [6.45, 7) is 6.62. The summed E-state index contributed by atoms with van der Waals surface area (Å²) in [5.41, 5.74) is 1.35. The van der Waals surface area contributed by atoms with E-state index in [4.69, 9.17) is 0 Å². The van der Waals surface area contributed by atoms with Crippen LogP contribution >= 0.6 is 0 Å². The molecule has 0 unspecified atom stereocenters. The Balaban J connectivity index is 1.51. The van der Waals surface area contributed by atoms with Gasteiger partial charge in [0.25, 0.3) is 5.91 Å². The van der Waals surface area contributed by atoms with Gasteiger partial charge in [-0.15, -0.1) is 0 Å². The van der Waals surface area contributed by atoms with Crippen molar-refractivity contribution in [1.82, 2.24) is 0 Å². The zero-order chi connectivity index (χ0) is 18.5. The van der Waals surface area contributed by atoms with Crippen molar-refractivity contribution in [3.05, 3.63) is 65.7 Å². The fourth-order valence-corrected chi connectivity index (χ4v) is 3.44. The molecule has 0 aliphatic carbocycles. The number of carbonyl (C=O) groups is 1. The summed E-state index contributed by atoms with van der Waals surface area (Å²) in [7, 11) is 0. The first kappa shape index (κ1) is 18.5. The van der Waals surface area contributed by atoms with Gasteiger partial charge < -0.3 is 15.1 Å². The zero-order valence-electron chi connectivity index (χ0n) is 14.9. The Morgan fingerprint density at radius 1 is 1.08 bits per heavy atom. The summed E-state index contributed by atoms with van der Waals surface area (Å²) in [5, 5.41) is 2.58. The van der Waals surface area contributed by atoms with Gasteiger partial charge in [-0.05, 0) is 19.1 Å². The molecule has 1 heterocycles. The van der Waals surface area contributed by atoms with Gasteiger partial charge in [-0.25, -0.2) is 8.78 Å². The minimum absolute atomic E-state index is 0.0241.